The van der Waals surface area contributed by atoms with Gasteiger partial charge in [0.15, 0.2) is 0 Å². The lowest BCUT2D eigenvalue weighted by Crippen LogP contribution is -2.20. The van der Waals surface area contributed by atoms with Crippen molar-refractivity contribution < 1.29 is 0 Å². The Kier molecular flexibility index (Phi) is 9.09. The second kappa shape index (κ2) is 15.2. The number of rotatable bonds is 8. The summed E-state index contributed by atoms with van der Waals surface area (Å²) in [5, 5.41) is 0. The number of nitrogens with zero attached hydrogens (tertiary/aromatic N) is 1. The minimum Gasteiger partial charge on any atom is -0.309 e. The first-order chi connectivity index (χ1) is 29.8. The van der Waals surface area contributed by atoms with Crippen molar-refractivity contribution in [1.82, 2.24) is 0 Å². The van der Waals surface area contributed by atoms with Crippen LogP contribution in [-0.2, 0) is 5.41 Å². The summed E-state index contributed by atoms with van der Waals surface area (Å²) < 4.78 is 0. The number of benzene rings is 9. The van der Waals surface area contributed by atoms with Gasteiger partial charge in [-0.2, -0.15) is 0 Å². The molecule has 0 bridgehead atoms. The van der Waals surface area contributed by atoms with E-state index in [4.69, 9.17) is 0 Å². The molecule has 0 N–H and O–H groups in total. The van der Waals surface area contributed by atoms with Gasteiger partial charge in [0.05, 0.1) is 11.4 Å². The Morgan fingerprint density at radius 3 is 1.33 bits per heavy atom. The Labute approximate surface area is 353 Å². The summed E-state index contributed by atoms with van der Waals surface area (Å²) in [6.07, 6.45) is 4.92. The second-order valence-corrected chi connectivity index (χ2v) is 16.3. The molecule has 286 valence electrons. The van der Waals surface area contributed by atoms with Gasteiger partial charge in [-0.15, -0.1) is 0 Å². The number of hydrogen-bond donors (Lipinski definition) is 0. The van der Waals surface area contributed by atoms with Crippen LogP contribution in [0.5, 0.6) is 0 Å². The van der Waals surface area contributed by atoms with Crippen LogP contribution in [0.25, 0.3) is 66.8 Å². The molecule has 0 radical (unpaired) electrons. The maximum atomic E-state index is 2.54. The van der Waals surface area contributed by atoms with E-state index in [1.165, 1.54) is 109 Å². The van der Waals surface area contributed by atoms with Crippen molar-refractivity contribution in [2.75, 3.05) is 4.90 Å². The third-order valence-corrected chi connectivity index (χ3v) is 13.1. The van der Waals surface area contributed by atoms with Crippen molar-refractivity contribution in [3.05, 3.63) is 236 Å². The summed E-state index contributed by atoms with van der Waals surface area (Å²) in [4.78, 5) is 2.54. The molecule has 1 saturated carbocycles. The molecule has 0 amide bonds. The minimum absolute atomic E-state index is 0.0661. The van der Waals surface area contributed by atoms with Gasteiger partial charge in [-0.3, -0.25) is 0 Å². The van der Waals surface area contributed by atoms with Gasteiger partial charge in [0, 0.05) is 22.2 Å². The van der Waals surface area contributed by atoms with E-state index in [0.29, 0.717) is 0 Å². The van der Waals surface area contributed by atoms with Crippen LogP contribution in [0, 0.1) is 0 Å². The first-order valence-corrected chi connectivity index (χ1v) is 21.4. The molecule has 0 unspecified atom stereocenters. The van der Waals surface area contributed by atoms with Crippen molar-refractivity contribution >= 4 is 17.1 Å². The van der Waals surface area contributed by atoms with Gasteiger partial charge in [-0.25, -0.2) is 0 Å². The Hall–Kier alpha value is -7.22. The van der Waals surface area contributed by atoms with Crippen LogP contribution in [0.1, 0.15) is 36.8 Å². The molecular formula is C59H45N. The average Bonchev–Trinajstić information content (AvgIpc) is 3.94. The smallest absolute Gasteiger partial charge is 0.0543 e. The highest BCUT2D eigenvalue weighted by molar-refractivity contribution is 6.01. The van der Waals surface area contributed by atoms with E-state index in [9.17, 15) is 0 Å². The van der Waals surface area contributed by atoms with Crippen LogP contribution in [0.4, 0.5) is 17.1 Å². The van der Waals surface area contributed by atoms with Gasteiger partial charge in [-0.1, -0.05) is 213 Å². The SMILES string of the molecule is c1ccc(-c2ccc(-c3ccc(N(c4ccccc4-c4ccccc4-c4ccccc4-c4ccccc4)c4cccc5c4-c4ccccc4C54CCCC4)cc3)cc2)cc1. The van der Waals surface area contributed by atoms with Crippen molar-refractivity contribution in [2.24, 2.45) is 0 Å². The highest BCUT2D eigenvalue weighted by Gasteiger charge is 2.46. The average molecular weight is 768 g/mol. The first-order valence-electron chi connectivity index (χ1n) is 21.4. The fourth-order valence-electron chi connectivity index (χ4n) is 10.3. The van der Waals surface area contributed by atoms with Crippen LogP contribution in [0.2, 0.25) is 0 Å². The zero-order chi connectivity index (χ0) is 39.9. The largest absolute Gasteiger partial charge is 0.309 e. The van der Waals surface area contributed by atoms with E-state index in [0.717, 1.165) is 11.4 Å². The van der Waals surface area contributed by atoms with Gasteiger partial charge in [0.1, 0.15) is 0 Å². The standard InChI is InChI=1S/C59H45N/c1-3-18-42(19-4-1)43-32-34-44(35-33-43)45-36-38-47(39-37-45)60(57-31-17-29-55-58(57)53-27-11-13-28-54(53)59(55)40-15-16-41-59)56-30-14-12-26-52(56)51-25-10-9-24-50(51)49-23-8-7-22-48(49)46-20-5-2-6-21-46/h1-14,17-39H,15-16,40-41H2. The summed E-state index contributed by atoms with van der Waals surface area (Å²) in [7, 11) is 0. The fraction of sp³-hybridized carbons (Fsp3) is 0.0847. The predicted molar refractivity (Wildman–Crippen MR) is 253 cm³/mol. The molecule has 60 heavy (non-hydrogen) atoms. The van der Waals surface area contributed by atoms with Crippen LogP contribution in [-0.4, -0.2) is 0 Å². The van der Waals surface area contributed by atoms with E-state index in [-0.39, 0.29) is 5.41 Å². The van der Waals surface area contributed by atoms with Gasteiger partial charge in [-0.05, 0) is 104 Å². The third-order valence-electron chi connectivity index (χ3n) is 13.1. The van der Waals surface area contributed by atoms with E-state index >= 15 is 0 Å². The third kappa shape index (κ3) is 6.09. The molecule has 0 atom stereocenters. The number of anilines is 3. The Morgan fingerprint density at radius 2 is 0.700 bits per heavy atom. The summed E-state index contributed by atoms with van der Waals surface area (Å²) in [5.74, 6) is 0. The molecule has 0 saturated heterocycles. The first kappa shape index (κ1) is 35.9. The molecule has 9 aromatic carbocycles. The lowest BCUT2D eigenvalue weighted by atomic mass is 9.77. The lowest BCUT2D eigenvalue weighted by molar-refractivity contribution is 0.550. The molecule has 2 aliphatic carbocycles. The molecule has 1 nitrogen and oxygen atoms in total. The quantitative estimate of drug-likeness (QED) is 0.149. The molecule has 1 fully saturated rings. The number of para-hydroxylation sites is 1. The van der Waals surface area contributed by atoms with Crippen LogP contribution in [0.3, 0.4) is 0 Å². The normalized spacial score (nSPS) is 13.5. The van der Waals surface area contributed by atoms with Crippen LogP contribution >= 0.6 is 0 Å². The minimum atomic E-state index is 0.0661. The molecule has 0 aliphatic heterocycles. The van der Waals surface area contributed by atoms with Gasteiger partial charge in [0.25, 0.3) is 0 Å². The Morgan fingerprint density at radius 1 is 0.283 bits per heavy atom. The zero-order valence-electron chi connectivity index (χ0n) is 33.6. The Balaban J connectivity index is 1.10. The molecule has 2 aliphatic rings. The van der Waals surface area contributed by atoms with Crippen molar-refractivity contribution in [3.63, 3.8) is 0 Å². The summed E-state index contributed by atoms with van der Waals surface area (Å²) in [6.45, 7) is 0. The molecule has 0 aromatic heterocycles. The number of fused-ring (bicyclic) bond motifs is 5. The molecule has 1 spiro atoms. The second-order valence-electron chi connectivity index (χ2n) is 16.3. The zero-order valence-corrected chi connectivity index (χ0v) is 33.6. The van der Waals surface area contributed by atoms with Crippen LogP contribution < -0.4 is 4.90 Å². The molecular weight excluding hydrogens is 723 g/mol. The summed E-state index contributed by atoms with van der Waals surface area (Å²) >= 11 is 0. The highest BCUT2D eigenvalue weighted by Crippen LogP contribution is 2.60. The lowest BCUT2D eigenvalue weighted by Gasteiger charge is -2.31. The van der Waals surface area contributed by atoms with Gasteiger partial charge < -0.3 is 4.90 Å². The monoisotopic (exact) mass is 767 g/mol. The molecule has 11 rings (SSSR count). The van der Waals surface area contributed by atoms with Gasteiger partial charge in [0.2, 0.25) is 0 Å². The maximum absolute atomic E-state index is 2.54. The summed E-state index contributed by atoms with van der Waals surface area (Å²) in [6, 6.07) is 82.7. The maximum Gasteiger partial charge on any atom is 0.0543 e. The highest BCUT2D eigenvalue weighted by atomic mass is 15.1. The van der Waals surface area contributed by atoms with Crippen LogP contribution in [0.15, 0.2) is 224 Å². The van der Waals surface area contributed by atoms with Crippen molar-refractivity contribution in [1.29, 1.82) is 0 Å². The van der Waals surface area contributed by atoms with E-state index in [1.807, 2.05) is 0 Å². The van der Waals surface area contributed by atoms with Crippen molar-refractivity contribution in [2.45, 2.75) is 31.1 Å². The summed E-state index contributed by atoms with van der Waals surface area (Å²) in [5.41, 5.74) is 21.4. The number of hydrogen-bond acceptors (Lipinski definition) is 1. The predicted octanol–water partition coefficient (Wildman–Crippen LogP) is 16.3. The molecule has 1 heteroatoms. The van der Waals surface area contributed by atoms with E-state index in [2.05, 4.69) is 229 Å². The van der Waals surface area contributed by atoms with Crippen molar-refractivity contribution in [3.8, 4) is 66.8 Å². The topological polar surface area (TPSA) is 3.24 Å². The Bertz CT molecular complexity index is 2960. The van der Waals surface area contributed by atoms with Gasteiger partial charge >= 0.3 is 0 Å². The molecule has 9 aromatic rings. The fourth-order valence-corrected chi connectivity index (χ4v) is 10.3. The molecule has 0 heterocycles. The van der Waals surface area contributed by atoms with E-state index < -0.39 is 0 Å². The van der Waals surface area contributed by atoms with E-state index in [1.54, 1.807) is 0 Å².